The number of rotatable bonds is 3. The third kappa shape index (κ3) is 2.43. The molecule has 0 aromatic carbocycles. The Morgan fingerprint density at radius 1 is 1.56 bits per heavy atom. The van der Waals surface area contributed by atoms with Crippen molar-refractivity contribution in [3.8, 4) is 0 Å². The van der Waals surface area contributed by atoms with Gasteiger partial charge in [0.05, 0.1) is 6.61 Å². The molecule has 0 aromatic rings. The number of nitrogens with one attached hydrogen (secondary N) is 1. The number of hydrogen-bond donors (Lipinski definition) is 2. The summed E-state index contributed by atoms with van der Waals surface area (Å²) < 4.78 is 5.24. The van der Waals surface area contributed by atoms with E-state index in [0.29, 0.717) is 32.0 Å². The molecule has 2 atom stereocenters. The van der Waals surface area contributed by atoms with E-state index < -0.39 is 11.5 Å². The van der Waals surface area contributed by atoms with Crippen LogP contribution in [0, 0.1) is 5.92 Å². The van der Waals surface area contributed by atoms with Gasteiger partial charge < -0.3 is 20.1 Å². The minimum atomic E-state index is -1.06. The molecule has 0 bridgehead atoms. The summed E-state index contributed by atoms with van der Waals surface area (Å²) in [6.45, 7) is 4.11. The first kappa shape index (κ1) is 13.1. The maximum atomic E-state index is 12.0. The average Bonchev–Trinajstić information content (AvgIpc) is 2.95. The Hall–Kier alpha value is -1.30. The number of nitrogens with zero attached hydrogens (tertiary/aromatic N) is 1. The largest absolute Gasteiger partial charge is 0.480 e. The molecule has 6 heteroatoms. The quantitative estimate of drug-likeness (QED) is 0.778. The molecule has 0 spiro atoms. The van der Waals surface area contributed by atoms with E-state index in [-0.39, 0.29) is 6.03 Å². The normalized spacial score (nSPS) is 31.6. The van der Waals surface area contributed by atoms with Crippen LogP contribution < -0.4 is 5.32 Å². The topological polar surface area (TPSA) is 78.9 Å². The van der Waals surface area contributed by atoms with E-state index >= 15 is 0 Å². The molecule has 0 saturated carbocycles. The van der Waals surface area contributed by atoms with E-state index in [4.69, 9.17) is 4.74 Å². The monoisotopic (exact) mass is 256 g/mol. The van der Waals surface area contributed by atoms with Crippen LogP contribution in [0.4, 0.5) is 4.79 Å². The zero-order chi connectivity index (χ0) is 13.2. The van der Waals surface area contributed by atoms with Gasteiger partial charge in [0.1, 0.15) is 5.54 Å². The number of carboxylic acid groups (broad SMARTS) is 1. The molecular formula is C12H20N2O4. The van der Waals surface area contributed by atoms with Gasteiger partial charge >= 0.3 is 12.0 Å². The second-order valence-corrected chi connectivity index (χ2v) is 5.25. The first-order valence-corrected chi connectivity index (χ1v) is 6.40. The molecule has 2 heterocycles. The predicted octanol–water partition coefficient (Wildman–Crippen LogP) is 0.672. The van der Waals surface area contributed by atoms with Gasteiger partial charge in [-0.3, -0.25) is 0 Å². The van der Waals surface area contributed by atoms with Crippen molar-refractivity contribution in [3.63, 3.8) is 0 Å². The van der Waals surface area contributed by atoms with Crippen molar-refractivity contribution in [2.45, 2.75) is 31.7 Å². The lowest BCUT2D eigenvalue weighted by Crippen LogP contribution is -2.54. The Labute approximate surface area is 106 Å². The smallest absolute Gasteiger partial charge is 0.329 e. The van der Waals surface area contributed by atoms with Crippen molar-refractivity contribution in [1.29, 1.82) is 0 Å². The van der Waals surface area contributed by atoms with Crippen LogP contribution in [0.1, 0.15) is 26.2 Å². The van der Waals surface area contributed by atoms with E-state index in [1.165, 1.54) is 4.90 Å². The summed E-state index contributed by atoms with van der Waals surface area (Å²) in [5.74, 6) is -0.577. The number of amides is 2. The van der Waals surface area contributed by atoms with E-state index in [2.05, 4.69) is 5.32 Å². The summed E-state index contributed by atoms with van der Waals surface area (Å²) in [5.41, 5.74) is -1.06. The summed E-state index contributed by atoms with van der Waals surface area (Å²) in [6, 6.07) is -0.274. The van der Waals surface area contributed by atoms with Crippen molar-refractivity contribution >= 4 is 12.0 Å². The van der Waals surface area contributed by atoms with Gasteiger partial charge in [-0.2, -0.15) is 0 Å². The minimum absolute atomic E-state index is 0.274. The van der Waals surface area contributed by atoms with Crippen LogP contribution in [0.15, 0.2) is 0 Å². The maximum absolute atomic E-state index is 12.0. The van der Waals surface area contributed by atoms with Gasteiger partial charge in [0.15, 0.2) is 0 Å². The first-order chi connectivity index (χ1) is 8.54. The van der Waals surface area contributed by atoms with Gasteiger partial charge in [0.25, 0.3) is 0 Å². The summed E-state index contributed by atoms with van der Waals surface area (Å²) in [4.78, 5) is 24.7. The lowest BCUT2D eigenvalue weighted by molar-refractivity contribution is -0.147. The molecule has 6 nitrogen and oxygen atoms in total. The summed E-state index contributed by atoms with van der Waals surface area (Å²) in [6.07, 6.45) is 2.21. The summed E-state index contributed by atoms with van der Waals surface area (Å²) in [7, 11) is 0. The van der Waals surface area contributed by atoms with Crippen molar-refractivity contribution in [3.05, 3.63) is 0 Å². The summed E-state index contributed by atoms with van der Waals surface area (Å²) in [5, 5.41) is 12.1. The van der Waals surface area contributed by atoms with Crippen molar-refractivity contribution in [1.82, 2.24) is 10.2 Å². The second-order valence-electron chi connectivity index (χ2n) is 5.25. The molecule has 2 aliphatic rings. The minimum Gasteiger partial charge on any atom is -0.480 e. The molecule has 0 aliphatic carbocycles. The molecule has 2 fully saturated rings. The van der Waals surface area contributed by atoms with Crippen LogP contribution in [0.2, 0.25) is 0 Å². The fourth-order valence-electron chi connectivity index (χ4n) is 2.58. The maximum Gasteiger partial charge on any atom is 0.329 e. The van der Waals surface area contributed by atoms with Crippen LogP contribution in [-0.4, -0.2) is 53.8 Å². The number of hydrogen-bond acceptors (Lipinski definition) is 3. The van der Waals surface area contributed by atoms with Gasteiger partial charge in [-0.25, -0.2) is 9.59 Å². The van der Waals surface area contributed by atoms with Gasteiger partial charge in [-0.1, -0.05) is 0 Å². The van der Waals surface area contributed by atoms with E-state index in [0.717, 1.165) is 19.4 Å². The van der Waals surface area contributed by atoms with Crippen molar-refractivity contribution in [2.75, 3.05) is 26.3 Å². The number of likely N-dealkylation sites (tertiary alicyclic amines) is 1. The third-order valence-corrected chi connectivity index (χ3v) is 3.91. The predicted molar refractivity (Wildman–Crippen MR) is 64.3 cm³/mol. The molecule has 2 rings (SSSR count). The molecule has 2 N–H and O–H groups in total. The molecule has 18 heavy (non-hydrogen) atoms. The highest BCUT2D eigenvalue weighted by atomic mass is 16.5. The zero-order valence-electron chi connectivity index (χ0n) is 10.6. The highest BCUT2D eigenvalue weighted by Crippen LogP contribution is 2.29. The number of aliphatic carboxylic acids is 1. The highest BCUT2D eigenvalue weighted by molar-refractivity contribution is 5.86. The number of carboxylic acids is 1. The van der Waals surface area contributed by atoms with E-state index in [9.17, 15) is 14.7 Å². The standard InChI is InChI=1S/C12H20N2O4/c1-12(10(15)16)4-2-5-14(12)11(17)13-7-9-3-6-18-8-9/h9H,2-8H2,1H3,(H,13,17)(H,15,16). The van der Waals surface area contributed by atoms with Crippen LogP contribution in [0.5, 0.6) is 0 Å². The average molecular weight is 256 g/mol. The second kappa shape index (κ2) is 5.14. The molecular weight excluding hydrogens is 236 g/mol. The van der Waals surface area contributed by atoms with Crippen LogP contribution >= 0.6 is 0 Å². The molecule has 0 aromatic heterocycles. The molecule has 2 unspecified atom stereocenters. The SMILES string of the molecule is CC1(C(=O)O)CCCN1C(=O)NCC1CCOC1. The van der Waals surface area contributed by atoms with E-state index in [1.807, 2.05) is 0 Å². The first-order valence-electron chi connectivity index (χ1n) is 6.40. The summed E-state index contributed by atoms with van der Waals surface area (Å²) >= 11 is 0. The van der Waals surface area contributed by atoms with Gasteiger partial charge in [-0.15, -0.1) is 0 Å². The molecule has 0 radical (unpaired) electrons. The van der Waals surface area contributed by atoms with Crippen LogP contribution in [0.25, 0.3) is 0 Å². The lowest BCUT2D eigenvalue weighted by Gasteiger charge is -2.31. The molecule has 2 saturated heterocycles. The van der Waals surface area contributed by atoms with Crippen molar-refractivity contribution < 1.29 is 19.4 Å². The highest BCUT2D eigenvalue weighted by Gasteiger charge is 2.45. The molecule has 2 aliphatic heterocycles. The Balaban J connectivity index is 1.89. The fraction of sp³-hybridized carbons (Fsp3) is 0.833. The zero-order valence-corrected chi connectivity index (χ0v) is 10.6. The number of carbonyl (C=O) groups is 2. The van der Waals surface area contributed by atoms with Gasteiger partial charge in [-0.05, 0) is 26.2 Å². The number of ether oxygens (including phenoxy) is 1. The van der Waals surface area contributed by atoms with Gasteiger partial charge in [0.2, 0.25) is 0 Å². The van der Waals surface area contributed by atoms with E-state index in [1.54, 1.807) is 6.92 Å². The third-order valence-electron chi connectivity index (χ3n) is 3.91. The Morgan fingerprint density at radius 3 is 2.94 bits per heavy atom. The lowest BCUT2D eigenvalue weighted by atomic mass is 10.00. The Kier molecular flexibility index (Phi) is 3.75. The molecule has 102 valence electrons. The van der Waals surface area contributed by atoms with Crippen molar-refractivity contribution in [2.24, 2.45) is 5.92 Å². The van der Waals surface area contributed by atoms with Crippen LogP contribution in [-0.2, 0) is 9.53 Å². The number of urea groups is 1. The Morgan fingerprint density at radius 2 is 2.33 bits per heavy atom. The molecule has 2 amide bonds. The number of carbonyl (C=O) groups excluding carboxylic acids is 1. The van der Waals surface area contributed by atoms with Gasteiger partial charge in [0, 0.05) is 25.6 Å². The fourth-order valence-corrected chi connectivity index (χ4v) is 2.58. The Bertz CT molecular complexity index is 341. The van der Waals surface area contributed by atoms with Crippen LogP contribution in [0.3, 0.4) is 0 Å².